The van der Waals surface area contributed by atoms with Crippen LogP contribution in [0.1, 0.15) is 37.8 Å². The molecule has 4 atom stereocenters. The first-order valence-corrected chi connectivity index (χ1v) is 8.09. The Kier molecular flexibility index (Phi) is 8.64. The summed E-state index contributed by atoms with van der Waals surface area (Å²) in [5, 5.41) is 0. The molecule has 0 aliphatic carbocycles. The number of rotatable bonds is 10. The van der Waals surface area contributed by atoms with Gasteiger partial charge in [-0.3, -0.25) is 0 Å². The molecule has 4 nitrogen and oxygen atoms in total. The zero-order valence-electron chi connectivity index (χ0n) is 14.4. The van der Waals surface area contributed by atoms with Crippen molar-refractivity contribution in [1.82, 2.24) is 0 Å². The van der Waals surface area contributed by atoms with E-state index in [1.54, 1.807) is 14.2 Å². The number of ether oxygens (including phenoxy) is 2. The molecule has 126 valence electrons. The third-order valence-electron chi connectivity index (χ3n) is 3.89. The van der Waals surface area contributed by atoms with Gasteiger partial charge in [-0.2, -0.15) is 0 Å². The molecule has 4 heteroatoms. The monoisotopic (exact) mass is 308 g/mol. The highest BCUT2D eigenvalue weighted by Gasteiger charge is 2.13. The van der Waals surface area contributed by atoms with E-state index in [4.69, 9.17) is 20.9 Å². The van der Waals surface area contributed by atoms with Gasteiger partial charge < -0.3 is 20.9 Å². The van der Waals surface area contributed by atoms with Gasteiger partial charge in [0.25, 0.3) is 0 Å². The fraction of sp³-hybridized carbons (Fsp3) is 0.667. The molecule has 4 N–H and O–H groups in total. The van der Waals surface area contributed by atoms with Gasteiger partial charge in [0.1, 0.15) is 0 Å². The van der Waals surface area contributed by atoms with Gasteiger partial charge in [-0.25, -0.2) is 0 Å². The van der Waals surface area contributed by atoms with Crippen LogP contribution in [0.15, 0.2) is 24.3 Å². The van der Waals surface area contributed by atoms with Crippen molar-refractivity contribution in [3.63, 3.8) is 0 Å². The Morgan fingerprint density at radius 2 is 1.09 bits per heavy atom. The van der Waals surface area contributed by atoms with Crippen molar-refractivity contribution in [1.29, 1.82) is 0 Å². The smallest absolute Gasteiger partial charge is 0.0626 e. The van der Waals surface area contributed by atoms with E-state index in [-0.39, 0.29) is 24.3 Å². The average Bonchev–Trinajstić information content (AvgIpc) is 2.46. The molecule has 0 saturated carbocycles. The van der Waals surface area contributed by atoms with E-state index in [0.717, 1.165) is 25.7 Å². The van der Waals surface area contributed by atoms with Crippen LogP contribution in [0.25, 0.3) is 0 Å². The maximum Gasteiger partial charge on any atom is 0.0626 e. The standard InChI is InChI=1S/C18H32N2O2/c1-13(19)9-17(21-3)11-15-5-7-16(8-6-15)12-18(22-4)10-14(2)20/h5-8,13-14,17-18H,9-12,19-20H2,1-4H3. The predicted molar refractivity (Wildman–Crippen MR) is 92.0 cm³/mol. The molecule has 0 bridgehead atoms. The van der Waals surface area contributed by atoms with Crippen molar-refractivity contribution >= 4 is 0 Å². The average molecular weight is 308 g/mol. The molecule has 0 amide bonds. The zero-order valence-corrected chi connectivity index (χ0v) is 14.4. The molecule has 0 radical (unpaired) electrons. The lowest BCUT2D eigenvalue weighted by Crippen LogP contribution is -2.26. The highest BCUT2D eigenvalue weighted by molar-refractivity contribution is 5.23. The van der Waals surface area contributed by atoms with Crippen LogP contribution >= 0.6 is 0 Å². The van der Waals surface area contributed by atoms with Crippen molar-refractivity contribution in [3.05, 3.63) is 35.4 Å². The highest BCUT2D eigenvalue weighted by Crippen LogP contribution is 2.14. The van der Waals surface area contributed by atoms with Crippen LogP contribution in [-0.4, -0.2) is 38.5 Å². The normalized spacial score (nSPS) is 17.0. The van der Waals surface area contributed by atoms with Gasteiger partial charge in [0.15, 0.2) is 0 Å². The van der Waals surface area contributed by atoms with Gasteiger partial charge in [-0.1, -0.05) is 24.3 Å². The zero-order chi connectivity index (χ0) is 16.5. The van der Waals surface area contributed by atoms with Gasteiger partial charge in [0.05, 0.1) is 12.2 Å². The predicted octanol–water partition coefficient (Wildman–Crippen LogP) is 2.28. The molecule has 0 saturated heterocycles. The molecule has 1 aromatic carbocycles. The van der Waals surface area contributed by atoms with E-state index in [9.17, 15) is 0 Å². The number of hydrogen-bond donors (Lipinski definition) is 2. The Bertz CT molecular complexity index is 365. The van der Waals surface area contributed by atoms with Crippen LogP contribution in [0.2, 0.25) is 0 Å². The van der Waals surface area contributed by atoms with Gasteiger partial charge in [0, 0.05) is 26.3 Å². The number of hydrogen-bond acceptors (Lipinski definition) is 4. The molecule has 22 heavy (non-hydrogen) atoms. The molecule has 0 spiro atoms. The fourth-order valence-electron chi connectivity index (χ4n) is 2.69. The molecule has 0 heterocycles. The Morgan fingerprint density at radius 3 is 1.32 bits per heavy atom. The van der Waals surface area contributed by atoms with Crippen LogP contribution < -0.4 is 11.5 Å². The van der Waals surface area contributed by atoms with Crippen LogP contribution in [0.5, 0.6) is 0 Å². The van der Waals surface area contributed by atoms with Crippen LogP contribution in [0.3, 0.4) is 0 Å². The third kappa shape index (κ3) is 7.36. The van der Waals surface area contributed by atoms with Gasteiger partial charge in [0.2, 0.25) is 0 Å². The highest BCUT2D eigenvalue weighted by atomic mass is 16.5. The lowest BCUT2D eigenvalue weighted by Gasteiger charge is -2.19. The third-order valence-corrected chi connectivity index (χ3v) is 3.89. The molecular formula is C18H32N2O2. The number of methoxy groups -OCH3 is 2. The second kappa shape index (κ2) is 9.95. The van der Waals surface area contributed by atoms with Crippen LogP contribution in [0, 0.1) is 0 Å². The van der Waals surface area contributed by atoms with E-state index in [0.29, 0.717) is 0 Å². The van der Waals surface area contributed by atoms with Gasteiger partial charge in [-0.15, -0.1) is 0 Å². The van der Waals surface area contributed by atoms with Crippen molar-refractivity contribution in [2.75, 3.05) is 14.2 Å². The molecular weight excluding hydrogens is 276 g/mol. The lowest BCUT2D eigenvalue weighted by molar-refractivity contribution is 0.0902. The maximum absolute atomic E-state index is 5.85. The first-order chi connectivity index (χ1) is 10.4. The first-order valence-electron chi connectivity index (χ1n) is 8.09. The van der Waals surface area contributed by atoms with Crippen LogP contribution in [-0.2, 0) is 22.3 Å². The molecule has 0 aliphatic rings. The molecule has 1 aromatic rings. The second-order valence-electron chi connectivity index (χ2n) is 6.37. The minimum Gasteiger partial charge on any atom is -0.381 e. The Morgan fingerprint density at radius 1 is 0.773 bits per heavy atom. The summed E-state index contributed by atoms with van der Waals surface area (Å²) in [5.41, 5.74) is 14.3. The minimum atomic E-state index is 0.157. The van der Waals surface area contributed by atoms with Gasteiger partial charge in [-0.05, 0) is 50.7 Å². The molecule has 4 unspecified atom stereocenters. The summed E-state index contributed by atoms with van der Waals surface area (Å²) in [6, 6.07) is 8.99. The topological polar surface area (TPSA) is 70.5 Å². The van der Waals surface area contributed by atoms with Crippen molar-refractivity contribution in [2.24, 2.45) is 11.5 Å². The molecule has 0 fully saturated rings. The summed E-state index contributed by atoms with van der Waals surface area (Å²) in [7, 11) is 3.50. The Labute approximate surface area is 135 Å². The van der Waals surface area contributed by atoms with E-state index in [2.05, 4.69) is 24.3 Å². The summed E-state index contributed by atoms with van der Waals surface area (Å²) in [6.45, 7) is 4.02. The van der Waals surface area contributed by atoms with Crippen molar-refractivity contribution in [3.8, 4) is 0 Å². The minimum absolute atomic E-state index is 0.157. The summed E-state index contributed by atoms with van der Waals surface area (Å²) in [5.74, 6) is 0. The molecule has 0 aromatic heterocycles. The van der Waals surface area contributed by atoms with Crippen molar-refractivity contribution < 1.29 is 9.47 Å². The quantitative estimate of drug-likeness (QED) is 0.695. The van der Waals surface area contributed by atoms with Crippen LogP contribution in [0.4, 0.5) is 0 Å². The Balaban J connectivity index is 2.58. The van der Waals surface area contributed by atoms with E-state index < -0.39 is 0 Å². The van der Waals surface area contributed by atoms with E-state index in [1.807, 2.05) is 13.8 Å². The number of benzene rings is 1. The van der Waals surface area contributed by atoms with Gasteiger partial charge >= 0.3 is 0 Å². The summed E-state index contributed by atoms with van der Waals surface area (Å²) in [4.78, 5) is 0. The van der Waals surface area contributed by atoms with E-state index >= 15 is 0 Å². The Hall–Kier alpha value is -0.940. The fourth-order valence-corrected chi connectivity index (χ4v) is 2.69. The summed E-state index contributed by atoms with van der Waals surface area (Å²) < 4.78 is 11.0. The lowest BCUT2D eigenvalue weighted by atomic mass is 9.98. The summed E-state index contributed by atoms with van der Waals surface area (Å²) in [6.07, 6.45) is 3.89. The largest absolute Gasteiger partial charge is 0.381 e. The SMILES string of the molecule is COC(Cc1ccc(CC(CC(C)N)OC)cc1)CC(C)N. The molecule has 1 rings (SSSR count). The van der Waals surface area contributed by atoms with Crippen molar-refractivity contribution in [2.45, 2.75) is 63.8 Å². The summed E-state index contributed by atoms with van der Waals surface area (Å²) >= 11 is 0. The first kappa shape index (κ1) is 19.1. The molecule has 0 aliphatic heterocycles. The van der Waals surface area contributed by atoms with E-state index in [1.165, 1.54) is 11.1 Å². The maximum atomic E-state index is 5.85. The second-order valence-corrected chi connectivity index (χ2v) is 6.37. The number of nitrogens with two attached hydrogens (primary N) is 2.